The number of rotatable bonds is 3. The molecular formula is C14H19F2NO. The fourth-order valence-electron chi connectivity index (χ4n) is 2.71. The number of halogens is 2. The molecule has 100 valence electrons. The number of nitrogens with one attached hydrogen (secondary N) is 1. The lowest BCUT2D eigenvalue weighted by molar-refractivity contribution is -0.00250. The van der Waals surface area contributed by atoms with Crippen LogP contribution >= 0.6 is 0 Å². The van der Waals surface area contributed by atoms with E-state index in [0.717, 1.165) is 18.9 Å². The van der Waals surface area contributed by atoms with Gasteiger partial charge in [0.2, 0.25) is 0 Å². The van der Waals surface area contributed by atoms with Crippen LogP contribution in [0.4, 0.5) is 8.78 Å². The van der Waals surface area contributed by atoms with Crippen molar-refractivity contribution in [2.45, 2.75) is 43.7 Å². The molecule has 4 heteroatoms. The topological polar surface area (TPSA) is 32.3 Å². The van der Waals surface area contributed by atoms with Gasteiger partial charge in [-0.2, -0.15) is 0 Å². The minimum absolute atomic E-state index is 0.318. The van der Waals surface area contributed by atoms with Crippen LogP contribution in [0.25, 0.3) is 0 Å². The van der Waals surface area contributed by atoms with Crippen molar-refractivity contribution in [2.24, 2.45) is 0 Å². The van der Waals surface area contributed by atoms with E-state index in [-0.39, 0.29) is 0 Å². The van der Waals surface area contributed by atoms with Gasteiger partial charge in [0.15, 0.2) is 0 Å². The highest BCUT2D eigenvalue weighted by Gasteiger charge is 2.32. The van der Waals surface area contributed by atoms with Crippen LogP contribution in [0.5, 0.6) is 0 Å². The van der Waals surface area contributed by atoms with E-state index in [2.05, 4.69) is 5.32 Å². The zero-order valence-electron chi connectivity index (χ0n) is 10.5. The van der Waals surface area contributed by atoms with E-state index in [1.165, 1.54) is 12.1 Å². The Morgan fingerprint density at radius 3 is 2.28 bits per heavy atom. The Kier molecular flexibility index (Phi) is 3.97. The second-order valence-electron chi connectivity index (χ2n) is 5.24. The van der Waals surface area contributed by atoms with Gasteiger partial charge in [0, 0.05) is 18.5 Å². The van der Waals surface area contributed by atoms with Crippen molar-refractivity contribution >= 4 is 0 Å². The van der Waals surface area contributed by atoms with E-state index < -0.39 is 17.2 Å². The summed E-state index contributed by atoms with van der Waals surface area (Å²) in [5, 5.41) is 13.6. The van der Waals surface area contributed by atoms with Crippen LogP contribution in [0.3, 0.4) is 0 Å². The largest absolute Gasteiger partial charge is 0.390 e. The first kappa shape index (κ1) is 13.4. The average molecular weight is 255 g/mol. The van der Waals surface area contributed by atoms with Crippen molar-refractivity contribution in [3.63, 3.8) is 0 Å². The molecule has 0 spiro atoms. The van der Waals surface area contributed by atoms with Gasteiger partial charge in [0.25, 0.3) is 0 Å². The monoisotopic (exact) mass is 255 g/mol. The van der Waals surface area contributed by atoms with Gasteiger partial charge in [-0.05, 0) is 50.4 Å². The first-order chi connectivity index (χ1) is 8.50. The van der Waals surface area contributed by atoms with Crippen molar-refractivity contribution < 1.29 is 13.9 Å². The first-order valence-corrected chi connectivity index (χ1v) is 6.35. The molecule has 1 aromatic rings. The quantitative estimate of drug-likeness (QED) is 0.869. The standard InChI is InChI=1S/C14H19F2NO/c1-17-13-2-4-14(18,5-3-13)9-10-6-11(15)8-12(16)7-10/h6-8,13,17-18H,2-5,9H2,1H3. The highest BCUT2D eigenvalue weighted by Crippen LogP contribution is 2.31. The SMILES string of the molecule is CNC1CCC(O)(Cc2cc(F)cc(F)c2)CC1. The predicted octanol–water partition coefficient (Wildman–Crippen LogP) is 2.40. The third-order valence-corrected chi connectivity index (χ3v) is 3.78. The van der Waals surface area contributed by atoms with E-state index in [0.29, 0.717) is 30.9 Å². The molecule has 1 saturated carbocycles. The highest BCUT2D eigenvalue weighted by molar-refractivity contribution is 5.20. The third kappa shape index (κ3) is 3.27. The lowest BCUT2D eigenvalue weighted by Gasteiger charge is -2.36. The molecule has 0 atom stereocenters. The van der Waals surface area contributed by atoms with Gasteiger partial charge in [0.05, 0.1) is 5.60 Å². The van der Waals surface area contributed by atoms with E-state index in [1.54, 1.807) is 0 Å². The molecule has 2 nitrogen and oxygen atoms in total. The summed E-state index contributed by atoms with van der Waals surface area (Å²) in [6.07, 6.45) is 3.43. The molecule has 2 rings (SSSR count). The molecule has 0 radical (unpaired) electrons. The fraction of sp³-hybridized carbons (Fsp3) is 0.571. The molecule has 1 aliphatic rings. The molecule has 1 aliphatic carbocycles. The number of aliphatic hydroxyl groups is 1. The van der Waals surface area contributed by atoms with E-state index in [4.69, 9.17) is 0 Å². The van der Waals surface area contributed by atoms with E-state index >= 15 is 0 Å². The number of hydrogen-bond donors (Lipinski definition) is 2. The predicted molar refractivity (Wildman–Crippen MR) is 66.3 cm³/mol. The summed E-state index contributed by atoms with van der Waals surface area (Å²) in [5.41, 5.74) is -0.300. The summed E-state index contributed by atoms with van der Waals surface area (Å²) in [6.45, 7) is 0. The summed E-state index contributed by atoms with van der Waals surface area (Å²) >= 11 is 0. The molecule has 1 aromatic carbocycles. The Bertz CT molecular complexity index is 394. The van der Waals surface area contributed by atoms with Gasteiger partial charge in [-0.15, -0.1) is 0 Å². The minimum Gasteiger partial charge on any atom is -0.390 e. The second-order valence-corrected chi connectivity index (χ2v) is 5.24. The molecular weight excluding hydrogens is 236 g/mol. The summed E-state index contributed by atoms with van der Waals surface area (Å²) in [6, 6.07) is 3.89. The van der Waals surface area contributed by atoms with Crippen molar-refractivity contribution in [2.75, 3.05) is 7.05 Å². The molecule has 0 aromatic heterocycles. The molecule has 18 heavy (non-hydrogen) atoms. The normalized spacial score (nSPS) is 28.3. The Hall–Kier alpha value is -1.00. The first-order valence-electron chi connectivity index (χ1n) is 6.35. The maximum Gasteiger partial charge on any atom is 0.126 e. The number of hydrogen-bond acceptors (Lipinski definition) is 2. The third-order valence-electron chi connectivity index (χ3n) is 3.78. The Balaban J connectivity index is 2.04. The van der Waals surface area contributed by atoms with Crippen molar-refractivity contribution in [3.05, 3.63) is 35.4 Å². The molecule has 0 heterocycles. The Morgan fingerprint density at radius 1 is 1.22 bits per heavy atom. The molecule has 0 amide bonds. The zero-order chi connectivity index (χ0) is 13.2. The molecule has 0 aliphatic heterocycles. The van der Waals surface area contributed by atoms with Gasteiger partial charge in [-0.3, -0.25) is 0 Å². The van der Waals surface area contributed by atoms with Gasteiger partial charge < -0.3 is 10.4 Å². The summed E-state index contributed by atoms with van der Waals surface area (Å²) in [5.74, 6) is -1.17. The fourth-order valence-corrected chi connectivity index (χ4v) is 2.71. The molecule has 0 saturated heterocycles. The maximum absolute atomic E-state index is 13.1. The molecule has 1 fully saturated rings. The van der Waals surface area contributed by atoms with Crippen molar-refractivity contribution in [3.8, 4) is 0 Å². The van der Waals surface area contributed by atoms with Crippen LogP contribution in [-0.4, -0.2) is 23.8 Å². The van der Waals surface area contributed by atoms with E-state index in [1.807, 2.05) is 7.05 Å². The van der Waals surface area contributed by atoms with Crippen LogP contribution < -0.4 is 5.32 Å². The second kappa shape index (κ2) is 5.33. The summed E-state index contributed by atoms with van der Waals surface area (Å²) < 4.78 is 26.2. The maximum atomic E-state index is 13.1. The Labute approximate surface area is 106 Å². The van der Waals surface area contributed by atoms with Crippen LogP contribution in [-0.2, 0) is 6.42 Å². The van der Waals surface area contributed by atoms with Gasteiger partial charge in [-0.1, -0.05) is 0 Å². The van der Waals surface area contributed by atoms with Crippen molar-refractivity contribution in [1.82, 2.24) is 5.32 Å². The van der Waals surface area contributed by atoms with E-state index in [9.17, 15) is 13.9 Å². The Morgan fingerprint density at radius 2 is 1.78 bits per heavy atom. The van der Waals surface area contributed by atoms with Crippen molar-refractivity contribution in [1.29, 1.82) is 0 Å². The van der Waals surface area contributed by atoms with Gasteiger partial charge in [0.1, 0.15) is 11.6 Å². The smallest absolute Gasteiger partial charge is 0.126 e. The summed E-state index contributed by atoms with van der Waals surface area (Å²) in [4.78, 5) is 0. The average Bonchev–Trinajstić information content (AvgIpc) is 2.28. The zero-order valence-corrected chi connectivity index (χ0v) is 10.5. The molecule has 0 bridgehead atoms. The van der Waals surface area contributed by atoms with Gasteiger partial charge >= 0.3 is 0 Å². The van der Waals surface area contributed by atoms with Gasteiger partial charge in [-0.25, -0.2) is 8.78 Å². The van der Waals surface area contributed by atoms with Crippen LogP contribution in [0.1, 0.15) is 31.2 Å². The molecule has 2 N–H and O–H groups in total. The van der Waals surface area contributed by atoms with Crippen LogP contribution in [0, 0.1) is 11.6 Å². The minimum atomic E-state index is -0.826. The molecule has 0 unspecified atom stereocenters. The lowest BCUT2D eigenvalue weighted by Crippen LogP contribution is -2.41. The number of benzene rings is 1. The van der Waals surface area contributed by atoms with Crippen LogP contribution in [0.2, 0.25) is 0 Å². The van der Waals surface area contributed by atoms with Crippen LogP contribution in [0.15, 0.2) is 18.2 Å². The lowest BCUT2D eigenvalue weighted by atomic mass is 9.78. The highest BCUT2D eigenvalue weighted by atomic mass is 19.1. The summed E-state index contributed by atoms with van der Waals surface area (Å²) in [7, 11) is 1.91.